The predicted molar refractivity (Wildman–Crippen MR) is 66.6 cm³/mol. The molecule has 0 aliphatic heterocycles. The van der Waals surface area contributed by atoms with E-state index in [0.717, 1.165) is 13.0 Å². The summed E-state index contributed by atoms with van der Waals surface area (Å²) in [5.41, 5.74) is 12.6. The molecule has 5 heteroatoms. The standard InChI is InChI=1S/C12H16N4O/c1-2-7-16-8-6-15-12(16)17-10-5-3-4-9(13)11(10)14/h3-6,8H,2,7,13-14H2,1H3/p+1. The molecule has 0 radical (unpaired) electrons. The lowest BCUT2D eigenvalue weighted by molar-refractivity contribution is -0.699. The molecule has 2 aromatic rings. The van der Waals surface area contributed by atoms with Crippen molar-refractivity contribution in [3.8, 4) is 11.8 Å². The van der Waals surface area contributed by atoms with Gasteiger partial charge in [-0.3, -0.25) is 0 Å². The fraction of sp³-hybridized carbons (Fsp3) is 0.250. The van der Waals surface area contributed by atoms with Crippen LogP contribution in [0.2, 0.25) is 0 Å². The third kappa shape index (κ3) is 2.33. The van der Waals surface area contributed by atoms with Crippen LogP contribution >= 0.6 is 0 Å². The van der Waals surface area contributed by atoms with Crippen LogP contribution in [0.15, 0.2) is 30.6 Å². The average Bonchev–Trinajstić information content (AvgIpc) is 2.73. The van der Waals surface area contributed by atoms with E-state index >= 15 is 0 Å². The van der Waals surface area contributed by atoms with E-state index in [2.05, 4.69) is 11.9 Å². The highest BCUT2D eigenvalue weighted by Gasteiger charge is 2.14. The Morgan fingerprint density at radius 3 is 2.94 bits per heavy atom. The highest BCUT2D eigenvalue weighted by Crippen LogP contribution is 2.29. The van der Waals surface area contributed by atoms with E-state index in [4.69, 9.17) is 16.2 Å². The number of H-pyrrole nitrogens is 1. The van der Waals surface area contributed by atoms with E-state index < -0.39 is 0 Å². The molecule has 0 aliphatic rings. The topological polar surface area (TPSA) is 80.9 Å². The van der Waals surface area contributed by atoms with Crippen LogP contribution in [0.25, 0.3) is 0 Å². The summed E-state index contributed by atoms with van der Waals surface area (Å²) in [7, 11) is 0. The first-order valence-corrected chi connectivity index (χ1v) is 5.61. The van der Waals surface area contributed by atoms with Crippen molar-refractivity contribution in [1.29, 1.82) is 0 Å². The van der Waals surface area contributed by atoms with Gasteiger partial charge in [0, 0.05) is 0 Å². The summed E-state index contributed by atoms with van der Waals surface area (Å²) in [6.45, 7) is 3.00. The zero-order valence-electron chi connectivity index (χ0n) is 9.81. The molecule has 17 heavy (non-hydrogen) atoms. The monoisotopic (exact) mass is 233 g/mol. The van der Waals surface area contributed by atoms with Crippen LogP contribution < -0.4 is 20.8 Å². The number of aryl methyl sites for hydroxylation is 1. The number of nitrogens with zero attached hydrogens (tertiary/aromatic N) is 1. The van der Waals surface area contributed by atoms with E-state index in [0.29, 0.717) is 23.1 Å². The minimum absolute atomic E-state index is 0.463. The number of hydrogen-bond acceptors (Lipinski definition) is 3. The van der Waals surface area contributed by atoms with Gasteiger partial charge in [0.05, 0.1) is 17.9 Å². The molecular formula is C12H17N4O+. The van der Waals surface area contributed by atoms with Crippen molar-refractivity contribution in [3.63, 3.8) is 0 Å². The van der Waals surface area contributed by atoms with Crippen molar-refractivity contribution in [3.05, 3.63) is 30.6 Å². The molecule has 0 atom stereocenters. The zero-order chi connectivity index (χ0) is 12.3. The lowest BCUT2D eigenvalue weighted by atomic mass is 10.2. The number of aromatic nitrogens is 2. The first kappa shape index (κ1) is 11.3. The maximum absolute atomic E-state index is 5.85. The third-order valence-electron chi connectivity index (χ3n) is 2.49. The van der Waals surface area contributed by atoms with Gasteiger partial charge in [0.15, 0.2) is 5.75 Å². The molecule has 1 aromatic heterocycles. The quantitative estimate of drug-likeness (QED) is 0.555. The maximum Gasteiger partial charge on any atom is 0.459 e. The molecule has 0 saturated heterocycles. The van der Waals surface area contributed by atoms with Crippen LogP contribution in [0.4, 0.5) is 11.4 Å². The number of para-hydroxylation sites is 1. The van der Waals surface area contributed by atoms with E-state index in [-0.39, 0.29) is 0 Å². The molecule has 0 spiro atoms. The molecule has 0 unspecified atom stereocenters. The molecule has 90 valence electrons. The molecule has 1 heterocycles. The molecule has 0 aliphatic carbocycles. The first-order valence-electron chi connectivity index (χ1n) is 5.61. The summed E-state index contributed by atoms with van der Waals surface area (Å²) in [4.78, 5) is 3.03. The second-order valence-corrected chi connectivity index (χ2v) is 3.82. The number of ether oxygens (including phenoxy) is 1. The Balaban J connectivity index is 2.25. The van der Waals surface area contributed by atoms with Gasteiger partial charge in [-0.2, -0.15) is 4.57 Å². The second kappa shape index (κ2) is 4.78. The van der Waals surface area contributed by atoms with Gasteiger partial charge in [0.25, 0.3) is 0 Å². The summed E-state index contributed by atoms with van der Waals surface area (Å²) < 4.78 is 7.70. The number of nitrogens with one attached hydrogen (secondary N) is 1. The van der Waals surface area contributed by atoms with Gasteiger partial charge in [-0.25, -0.2) is 4.98 Å². The molecule has 2 rings (SSSR count). The highest BCUT2D eigenvalue weighted by atomic mass is 16.5. The van der Waals surface area contributed by atoms with Gasteiger partial charge >= 0.3 is 6.01 Å². The summed E-state index contributed by atoms with van der Waals surface area (Å²) in [5, 5.41) is 0. The van der Waals surface area contributed by atoms with Crippen molar-refractivity contribution < 1.29 is 9.30 Å². The van der Waals surface area contributed by atoms with E-state index in [1.165, 1.54) is 0 Å². The van der Waals surface area contributed by atoms with Crippen LogP contribution in [0.5, 0.6) is 11.8 Å². The molecule has 0 amide bonds. The van der Waals surface area contributed by atoms with Crippen molar-refractivity contribution in [2.45, 2.75) is 19.9 Å². The largest absolute Gasteiger partial charge is 0.459 e. The van der Waals surface area contributed by atoms with Crippen molar-refractivity contribution in [2.24, 2.45) is 0 Å². The third-order valence-corrected chi connectivity index (χ3v) is 2.49. The molecule has 0 fully saturated rings. The number of anilines is 2. The smallest absolute Gasteiger partial charge is 0.397 e. The van der Waals surface area contributed by atoms with Crippen molar-refractivity contribution in [1.82, 2.24) is 4.98 Å². The molecule has 5 N–H and O–H groups in total. The molecule has 1 aromatic carbocycles. The van der Waals surface area contributed by atoms with Crippen LogP contribution in [0.3, 0.4) is 0 Å². The Kier molecular flexibility index (Phi) is 3.18. The second-order valence-electron chi connectivity index (χ2n) is 3.82. The van der Waals surface area contributed by atoms with Gasteiger partial charge in [-0.1, -0.05) is 13.0 Å². The van der Waals surface area contributed by atoms with E-state index in [9.17, 15) is 0 Å². The Bertz CT molecular complexity index is 507. The van der Waals surface area contributed by atoms with Crippen LogP contribution in [0, 0.1) is 0 Å². The summed E-state index contributed by atoms with van der Waals surface area (Å²) in [6.07, 6.45) is 4.79. The van der Waals surface area contributed by atoms with Crippen LogP contribution in [-0.2, 0) is 6.54 Å². The number of nitrogen functional groups attached to an aromatic ring is 2. The number of imidazole rings is 1. The predicted octanol–water partition coefficient (Wildman–Crippen LogP) is 1.67. The number of benzene rings is 1. The Labute approximate surface area is 100 Å². The van der Waals surface area contributed by atoms with Gasteiger partial charge in [-0.15, -0.1) is 0 Å². The number of aromatic amines is 1. The van der Waals surface area contributed by atoms with E-state index in [1.54, 1.807) is 12.1 Å². The fourth-order valence-electron chi connectivity index (χ4n) is 1.61. The van der Waals surface area contributed by atoms with Crippen LogP contribution in [-0.4, -0.2) is 4.98 Å². The zero-order valence-corrected chi connectivity index (χ0v) is 9.81. The molecule has 0 bridgehead atoms. The lowest BCUT2D eigenvalue weighted by Gasteiger charge is -2.06. The minimum Gasteiger partial charge on any atom is -0.397 e. The Morgan fingerprint density at radius 1 is 1.35 bits per heavy atom. The van der Waals surface area contributed by atoms with Gasteiger partial charge in [0.2, 0.25) is 0 Å². The lowest BCUT2D eigenvalue weighted by Crippen LogP contribution is -2.32. The Hall–Kier alpha value is -2.17. The maximum atomic E-state index is 5.85. The van der Waals surface area contributed by atoms with Crippen LogP contribution in [0.1, 0.15) is 13.3 Å². The normalized spacial score (nSPS) is 10.4. The summed E-state index contributed by atoms with van der Waals surface area (Å²) >= 11 is 0. The van der Waals surface area contributed by atoms with Crippen molar-refractivity contribution in [2.75, 3.05) is 11.5 Å². The van der Waals surface area contributed by atoms with E-state index in [1.807, 2.05) is 23.0 Å². The fourth-order valence-corrected chi connectivity index (χ4v) is 1.61. The van der Waals surface area contributed by atoms with Gasteiger partial charge < -0.3 is 16.2 Å². The molecular weight excluding hydrogens is 216 g/mol. The first-order chi connectivity index (χ1) is 8.22. The van der Waals surface area contributed by atoms with Gasteiger partial charge in [0.1, 0.15) is 12.4 Å². The minimum atomic E-state index is 0.463. The number of hydrogen-bond donors (Lipinski definition) is 3. The van der Waals surface area contributed by atoms with Gasteiger partial charge in [-0.05, 0) is 18.6 Å². The Morgan fingerprint density at radius 2 is 2.18 bits per heavy atom. The average molecular weight is 233 g/mol. The highest BCUT2D eigenvalue weighted by molar-refractivity contribution is 5.70. The summed E-state index contributed by atoms with van der Waals surface area (Å²) in [5.74, 6) is 0.567. The SMILES string of the molecule is CCC[n+]1cc[nH]c1Oc1cccc(N)c1N. The number of nitrogens with two attached hydrogens (primary N) is 2. The molecule has 5 nitrogen and oxygen atoms in total. The number of rotatable bonds is 4. The summed E-state index contributed by atoms with van der Waals surface area (Å²) in [6, 6.07) is 6.01. The van der Waals surface area contributed by atoms with Crippen molar-refractivity contribution >= 4 is 11.4 Å². The molecule has 0 saturated carbocycles.